The zero-order valence-corrected chi connectivity index (χ0v) is 13.5. The maximum Gasteiger partial charge on any atom is 0.323 e. The molecule has 0 fully saturated rings. The van der Waals surface area contributed by atoms with Crippen molar-refractivity contribution < 1.29 is 22.0 Å². The maximum atomic E-state index is 11.4. The van der Waals surface area contributed by atoms with Gasteiger partial charge >= 0.3 is 10.1 Å². The van der Waals surface area contributed by atoms with Gasteiger partial charge in [-0.2, -0.15) is 13.1 Å². The van der Waals surface area contributed by atoms with Crippen LogP contribution in [0.5, 0.6) is 0 Å². The number of benzene rings is 1. The van der Waals surface area contributed by atoms with E-state index in [2.05, 4.69) is 22.9 Å². The molecule has 5 nitrogen and oxygen atoms in total. The van der Waals surface area contributed by atoms with Crippen molar-refractivity contribution in [1.29, 1.82) is 0 Å². The van der Waals surface area contributed by atoms with Crippen molar-refractivity contribution in [3.8, 4) is 0 Å². The van der Waals surface area contributed by atoms with E-state index in [1.807, 2.05) is 6.92 Å². The van der Waals surface area contributed by atoms with Crippen LogP contribution >= 0.6 is 8.03 Å². The van der Waals surface area contributed by atoms with Gasteiger partial charge in [-0.15, -0.1) is 0 Å². The Labute approximate surface area is 115 Å². The molecule has 0 N–H and O–H groups in total. The summed E-state index contributed by atoms with van der Waals surface area (Å²) in [5.74, 6) is 0. The summed E-state index contributed by atoms with van der Waals surface area (Å²) in [5.41, 5.74) is 0.930. The van der Waals surface area contributed by atoms with E-state index in [1.165, 1.54) is 31.6 Å². The minimum atomic E-state index is -3.97. The van der Waals surface area contributed by atoms with Gasteiger partial charge in [-0.25, -0.2) is 0 Å². The van der Waals surface area contributed by atoms with E-state index in [9.17, 15) is 13.0 Å². The van der Waals surface area contributed by atoms with Gasteiger partial charge in [0.15, 0.2) is 0 Å². The van der Waals surface area contributed by atoms with Crippen molar-refractivity contribution in [3.05, 3.63) is 29.8 Å². The summed E-state index contributed by atoms with van der Waals surface area (Å²) in [6.45, 7) is 7.42. The van der Waals surface area contributed by atoms with E-state index in [1.54, 1.807) is 12.1 Å². The third kappa shape index (κ3) is 8.16. The average Bonchev–Trinajstić information content (AvgIpc) is 2.37. The molecule has 0 aliphatic heterocycles. The molecule has 0 saturated carbocycles. The zero-order valence-electron chi connectivity index (χ0n) is 11.7. The van der Waals surface area contributed by atoms with Gasteiger partial charge in [0, 0.05) is 6.66 Å². The number of aryl methyl sites for hydroxylation is 1. The topological polar surface area (TPSA) is 69.7 Å². The first-order valence-electron chi connectivity index (χ1n) is 6.01. The quantitative estimate of drug-likeness (QED) is 0.473. The number of hydrogen-bond donors (Lipinski definition) is 0. The lowest BCUT2D eigenvalue weighted by Crippen LogP contribution is -2.04. The molecule has 1 unspecified atom stereocenters. The fourth-order valence-electron chi connectivity index (χ4n) is 0.837. The fourth-order valence-corrected chi connectivity index (χ4v) is 2.13. The minimum absolute atomic E-state index is 0.0312. The van der Waals surface area contributed by atoms with E-state index in [-0.39, 0.29) is 4.90 Å². The van der Waals surface area contributed by atoms with Crippen molar-refractivity contribution in [2.75, 3.05) is 6.66 Å². The first-order valence-corrected chi connectivity index (χ1v) is 9.24. The molecular weight excluding hydrogens is 287 g/mol. The molecule has 0 aromatic heterocycles. The van der Waals surface area contributed by atoms with E-state index >= 15 is 0 Å². The molecule has 0 spiro atoms. The molecule has 0 saturated heterocycles. The highest BCUT2D eigenvalue weighted by Gasteiger charge is 2.16. The first kappa shape index (κ1) is 18.3. The summed E-state index contributed by atoms with van der Waals surface area (Å²) in [6.07, 6.45) is 2.64. The Morgan fingerprint density at radius 1 is 1.11 bits per heavy atom. The molecule has 0 aliphatic carbocycles. The van der Waals surface area contributed by atoms with Crippen molar-refractivity contribution in [1.82, 2.24) is 0 Å². The molecule has 1 rings (SSSR count). The Kier molecular flexibility index (Phi) is 8.93. The predicted molar refractivity (Wildman–Crippen MR) is 76.0 cm³/mol. The third-order valence-corrected chi connectivity index (χ3v) is 3.59. The van der Waals surface area contributed by atoms with Crippen LogP contribution in [0.2, 0.25) is 0 Å². The van der Waals surface area contributed by atoms with Gasteiger partial charge < -0.3 is 0 Å². The summed E-state index contributed by atoms with van der Waals surface area (Å²) in [6, 6.07) is 6.04. The molecule has 1 atom stereocenters. The summed E-state index contributed by atoms with van der Waals surface area (Å²) >= 11 is 0. The Balaban J connectivity index is 0.000000711. The molecule has 0 amide bonds. The largest absolute Gasteiger partial charge is 0.323 e. The van der Waals surface area contributed by atoms with Crippen LogP contribution in [0.3, 0.4) is 0 Å². The van der Waals surface area contributed by atoms with Crippen molar-refractivity contribution in [2.45, 2.75) is 38.5 Å². The van der Waals surface area contributed by atoms with Crippen LogP contribution in [0.15, 0.2) is 29.2 Å². The Hall–Kier alpha value is -0.680. The number of unbranched alkanes of at least 4 members (excludes halogenated alkanes) is 1. The number of hydrogen-bond acceptors (Lipinski definition) is 5. The van der Waals surface area contributed by atoms with Gasteiger partial charge in [0.25, 0.3) is 0 Å². The maximum absolute atomic E-state index is 11.4. The SMILES string of the molecule is CCCC.Cc1ccc(S(=O)(=O)OO[PH](C)=O)cc1. The Bertz CT molecular complexity index is 479. The second-order valence-corrected chi connectivity index (χ2v) is 6.58. The highest BCUT2D eigenvalue weighted by molar-refractivity contribution is 7.86. The molecule has 19 heavy (non-hydrogen) atoms. The second kappa shape index (κ2) is 9.26. The van der Waals surface area contributed by atoms with E-state index in [4.69, 9.17) is 0 Å². The van der Waals surface area contributed by atoms with Gasteiger partial charge in [0.05, 0.1) is 4.90 Å². The summed E-state index contributed by atoms with van der Waals surface area (Å²) in [4.78, 5) is -0.0312. The van der Waals surface area contributed by atoms with E-state index in [0.717, 1.165) is 5.56 Å². The van der Waals surface area contributed by atoms with Crippen molar-refractivity contribution >= 4 is 18.1 Å². The van der Waals surface area contributed by atoms with Crippen LogP contribution in [0.1, 0.15) is 32.3 Å². The Morgan fingerprint density at radius 3 is 1.95 bits per heavy atom. The van der Waals surface area contributed by atoms with Gasteiger partial charge in [-0.1, -0.05) is 48.7 Å². The molecule has 0 radical (unpaired) electrons. The number of rotatable bonds is 5. The van der Waals surface area contributed by atoms with E-state index < -0.39 is 18.1 Å². The summed E-state index contributed by atoms with van der Waals surface area (Å²) < 4.78 is 41.6. The van der Waals surface area contributed by atoms with Crippen LogP contribution in [-0.2, 0) is 23.7 Å². The third-order valence-electron chi connectivity index (χ3n) is 2.05. The molecule has 0 heterocycles. The monoisotopic (exact) mass is 308 g/mol. The molecule has 0 bridgehead atoms. The second-order valence-electron chi connectivity index (χ2n) is 3.91. The van der Waals surface area contributed by atoms with Gasteiger partial charge in [-0.05, 0) is 19.1 Å². The smallest absolute Gasteiger partial charge is 0.294 e. The lowest BCUT2D eigenvalue weighted by atomic mass is 10.2. The highest BCUT2D eigenvalue weighted by atomic mass is 32.2. The Morgan fingerprint density at radius 2 is 1.58 bits per heavy atom. The molecule has 0 aliphatic rings. The highest BCUT2D eigenvalue weighted by Crippen LogP contribution is 2.21. The van der Waals surface area contributed by atoms with Crippen LogP contribution in [-0.4, -0.2) is 15.1 Å². The van der Waals surface area contributed by atoms with Crippen LogP contribution in [0.25, 0.3) is 0 Å². The van der Waals surface area contributed by atoms with Crippen LogP contribution < -0.4 is 0 Å². The minimum Gasteiger partial charge on any atom is -0.294 e. The average molecular weight is 308 g/mol. The molecule has 1 aromatic rings. The van der Waals surface area contributed by atoms with Gasteiger partial charge in [-0.3, -0.25) is 4.57 Å². The van der Waals surface area contributed by atoms with Crippen LogP contribution in [0, 0.1) is 6.92 Å². The van der Waals surface area contributed by atoms with Gasteiger partial charge in [0.1, 0.15) is 0 Å². The lowest BCUT2D eigenvalue weighted by molar-refractivity contribution is -0.0833. The fraction of sp³-hybridized carbons (Fsp3) is 0.500. The molecule has 110 valence electrons. The summed E-state index contributed by atoms with van der Waals surface area (Å²) in [5, 5.41) is 0. The zero-order chi connectivity index (χ0) is 14.9. The normalized spacial score (nSPS) is 12.4. The lowest BCUT2D eigenvalue weighted by Gasteiger charge is -2.02. The summed E-state index contributed by atoms with van der Waals surface area (Å²) in [7, 11) is -6.40. The van der Waals surface area contributed by atoms with Crippen LogP contribution in [0.4, 0.5) is 0 Å². The molecular formula is C12H21O5PS. The first-order chi connectivity index (χ1) is 8.83. The standard InChI is InChI=1S/C8H11O5PS.C4H10/c1-7-3-5-8(6-4-7)15(10,11)13-12-14(2)9;1-3-4-2/h3-6,14H,1-2H3;3-4H2,1-2H3. The van der Waals surface area contributed by atoms with Gasteiger partial charge in [0.2, 0.25) is 8.03 Å². The predicted octanol–water partition coefficient (Wildman–Crippen LogP) is 3.54. The van der Waals surface area contributed by atoms with Crippen molar-refractivity contribution in [3.63, 3.8) is 0 Å². The van der Waals surface area contributed by atoms with Crippen molar-refractivity contribution in [2.24, 2.45) is 0 Å². The molecule has 7 heteroatoms. The molecule has 1 aromatic carbocycles. The van der Waals surface area contributed by atoms with E-state index in [0.29, 0.717) is 0 Å².